The molecule has 77 heavy (non-hydrogen) atoms. The van der Waals surface area contributed by atoms with Gasteiger partial charge >= 0.3 is 0 Å². The highest BCUT2D eigenvalue weighted by atomic mass is 15.2. The summed E-state index contributed by atoms with van der Waals surface area (Å²) in [6.45, 7) is 0. The summed E-state index contributed by atoms with van der Waals surface area (Å²) in [7, 11) is 0. The summed E-state index contributed by atoms with van der Waals surface area (Å²) in [5, 5.41) is 0. The van der Waals surface area contributed by atoms with Crippen molar-refractivity contribution in [1.29, 1.82) is 0 Å². The molecule has 0 saturated heterocycles. The van der Waals surface area contributed by atoms with E-state index in [1.807, 2.05) is 0 Å². The monoisotopic (exact) mass is 984 g/mol. The first-order valence-electron chi connectivity index (χ1n) is 27.7. The molecule has 8 aromatic carbocycles. The zero-order valence-corrected chi connectivity index (χ0v) is 42.3. The Hall–Kier alpha value is -9.12. The standard InChI is InChI=1S/C73H52N4/c1-9-25-65-53(17-1)54-18-2-10-26-66(54)74(65)45-33-37-49-50-38-34-46(75-67-27-11-3-19-55(67)56-20-4-12-28-68(56)75)42-62(50)73(61(49)41-45)63-43-47(76-69-29-13-5-21-57(69)58-22-6-14-30-70(58)76)35-39-51(63)52-40-36-48(44-64(52)73)77-71-31-15-7-23-59(71)60-24-8-16-32-72(60)77/h1-44,53,55,57,59,65,67,69,71H. The van der Waals surface area contributed by atoms with E-state index in [1.54, 1.807) is 0 Å². The van der Waals surface area contributed by atoms with E-state index in [1.165, 1.54) is 112 Å². The van der Waals surface area contributed by atoms with Gasteiger partial charge in [0.05, 0.1) is 29.6 Å². The third-order valence-corrected chi connectivity index (χ3v) is 19.2. The molecular formula is C73H52N4. The number of para-hydroxylation sites is 4. The van der Waals surface area contributed by atoms with E-state index in [2.05, 4.69) is 287 Å². The van der Waals surface area contributed by atoms with Crippen molar-refractivity contribution >= 4 is 45.5 Å². The molecule has 4 heteroatoms. The highest BCUT2D eigenvalue weighted by molar-refractivity contribution is 5.99. The van der Waals surface area contributed by atoms with Crippen LogP contribution in [0.15, 0.2) is 267 Å². The minimum absolute atomic E-state index is 0.172. The van der Waals surface area contributed by atoms with Crippen LogP contribution in [0.25, 0.3) is 22.3 Å². The van der Waals surface area contributed by atoms with Crippen LogP contribution in [0.2, 0.25) is 0 Å². The summed E-state index contributed by atoms with van der Waals surface area (Å²) in [5.41, 5.74) is 25.4. The van der Waals surface area contributed by atoms with Crippen molar-refractivity contribution in [1.82, 2.24) is 0 Å². The van der Waals surface area contributed by atoms with Crippen LogP contribution < -0.4 is 19.6 Å². The molecule has 8 aromatic rings. The van der Waals surface area contributed by atoms with E-state index >= 15 is 0 Å². The molecule has 364 valence electrons. The average Bonchev–Trinajstić information content (AvgIpc) is 4.34. The Labute approximate surface area is 449 Å². The molecule has 6 aliphatic carbocycles. The van der Waals surface area contributed by atoms with Crippen LogP contribution in [0.1, 0.15) is 68.2 Å². The van der Waals surface area contributed by atoms with Crippen LogP contribution in [0.3, 0.4) is 0 Å². The van der Waals surface area contributed by atoms with Gasteiger partial charge in [-0.15, -0.1) is 0 Å². The number of fused-ring (bicyclic) bond motifs is 22. The maximum absolute atomic E-state index is 2.63. The highest BCUT2D eigenvalue weighted by Crippen LogP contribution is 2.66. The third kappa shape index (κ3) is 5.47. The first-order chi connectivity index (χ1) is 38.2. The Bertz CT molecular complexity index is 3640. The molecule has 8 atom stereocenters. The normalized spacial score (nSPS) is 26.5. The van der Waals surface area contributed by atoms with E-state index in [9.17, 15) is 0 Å². The number of rotatable bonds is 4. The fourth-order valence-corrected chi connectivity index (χ4v) is 16.1. The predicted molar refractivity (Wildman–Crippen MR) is 316 cm³/mol. The molecule has 1 spiro atoms. The number of allylic oxidation sites excluding steroid dienone is 8. The van der Waals surface area contributed by atoms with Crippen molar-refractivity contribution < 1.29 is 0 Å². The van der Waals surface area contributed by atoms with Crippen LogP contribution in [-0.2, 0) is 5.41 Å². The maximum Gasteiger partial charge on any atom is 0.0728 e. The van der Waals surface area contributed by atoms with Crippen LogP contribution in [0.5, 0.6) is 0 Å². The lowest BCUT2D eigenvalue weighted by molar-refractivity contribution is 0.735. The molecule has 10 aliphatic rings. The van der Waals surface area contributed by atoms with Crippen molar-refractivity contribution in [3.8, 4) is 22.3 Å². The lowest BCUT2D eigenvalue weighted by Gasteiger charge is -2.36. The Morgan fingerprint density at radius 2 is 0.481 bits per heavy atom. The van der Waals surface area contributed by atoms with Crippen molar-refractivity contribution in [3.05, 3.63) is 312 Å². The van der Waals surface area contributed by atoms with E-state index < -0.39 is 5.41 Å². The van der Waals surface area contributed by atoms with Gasteiger partial charge < -0.3 is 19.6 Å². The molecule has 18 rings (SSSR count). The molecule has 0 saturated carbocycles. The second kappa shape index (κ2) is 15.5. The zero-order valence-electron chi connectivity index (χ0n) is 42.3. The van der Waals surface area contributed by atoms with Gasteiger partial charge in [0.2, 0.25) is 0 Å². The van der Waals surface area contributed by atoms with Gasteiger partial charge in [-0.1, -0.05) is 194 Å². The average molecular weight is 985 g/mol. The molecule has 0 N–H and O–H groups in total. The van der Waals surface area contributed by atoms with Gasteiger partial charge in [-0.2, -0.15) is 0 Å². The number of hydrogen-bond donors (Lipinski definition) is 0. The van der Waals surface area contributed by atoms with E-state index in [4.69, 9.17) is 0 Å². The third-order valence-electron chi connectivity index (χ3n) is 19.2. The van der Waals surface area contributed by atoms with Crippen LogP contribution in [0, 0.1) is 0 Å². The molecule has 0 amide bonds. The SMILES string of the molecule is C1=CC2c3ccccc3N(c3ccc4c(c3)C3(c5cc(N6c7ccccc7C7C=CC=CC76)ccc5-4)c4cc(N5c6ccccc6C6C=CC=CC65)ccc4-c4ccc(N5c6ccccc6C6C=CC=CC65)cc43)C2C=C1. The summed E-state index contributed by atoms with van der Waals surface area (Å²) in [6.07, 6.45) is 37.2. The molecule has 0 bridgehead atoms. The molecule has 0 fully saturated rings. The summed E-state index contributed by atoms with van der Waals surface area (Å²) >= 11 is 0. The van der Waals surface area contributed by atoms with E-state index in [0.29, 0.717) is 0 Å². The minimum atomic E-state index is -0.697. The molecule has 8 unspecified atom stereocenters. The lowest BCUT2D eigenvalue weighted by atomic mass is 9.70. The zero-order chi connectivity index (χ0) is 50.1. The van der Waals surface area contributed by atoms with Crippen molar-refractivity contribution in [3.63, 3.8) is 0 Å². The summed E-state index contributed by atoms with van der Waals surface area (Å²) in [6, 6.07) is 67.0. The van der Waals surface area contributed by atoms with E-state index in [-0.39, 0.29) is 47.8 Å². The molecule has 4 heterocycles. The van der Waals surface area contributed by atoms with Crippen molar-refractivity contribution in [2.75, 3.05) is 19.6 Å². The van der Waals surface area contributed by atoms with Gasteiger partial charge in [-0.05, 0) is 140 Å². The quantitative estimate of drug-likeness (QED) is 0.174. The molecule has 4 aliphatic heterocycles. The van der Waals surface area contributed by atoms with Crippen LogP contribution in [0.4, 0.5) is 45.5 Å². The van der Waals surface area contributed by atoms with Crippen LogP contribution >= 0.6 is 0 Å². The summed E-state index contributed by atoms with van der Waals surface area (Å²) in [5.74, 6) is 1.11. The fraction of sp³-hybridized carbons (Fsp3) is 0.123. The van der Waals surface area contributed by atoms with Gasteiger partial charge in [-0.25, -0.2) is 0 Å². The van der Waals surface area contributed by atoms with Gasteiger partial charge in [0.25, 0.3) is 0 Å². The van der Waals surface area contributed by atoms with Gasteiger partial charge in [0, 0.05) is 69.2 Å². The molecule has 0 aromatic heterocycles. The lowest BCUT2D eigenvalue weighted by Crippen LogP contribution is -2.32. The highest BCUT2D eigenvalue weighted by Gasteiger charge is 2.54. The number of hydrogen-bond acceptors (Lipinski definition) is 4. The minimum Gasteiger partial charge on any atom is -0.333 e. The van der Waals surface area contributed by atoms with E-state index in [0.717, 1.165) is 0 Å². The summed E-state index contributed by atoms with van der Waals surface area (Å²) in [4.78, 5) is 10.5. The largest absolute Gasteiger partial charge is 0.333 e. The van der Waals surface area contributed by atoms with Crippen LogP contribution in [-0.4, -0.2) is 24.2 Å². The first kappa shape index (κ1) is 42.1. The van der Waals surface area contributed by atoms with Gasteiger partial charge in [0.15, 0.2) is 0 Å². The maximum atomic E-state index is 2.63. The predicted octanol–water partition coefficient (Wildman–Crippen LogP) is 16.9. The Morgan fingerprint density at radius 1 is 0.247 bits per heavy atom. The van der Waals surface area contributed by atoms with Gasteiger partial charge in [0.1, 0.15) is 0 Å². The Kier molecular flexibility index (Phi) is 8.48. The second-order valence-corrected chi connectivity index (χ2v) is 22.5. The number of benzene rings is 8. The van der Waals surface area contributed by atoms with Crippen molar-refractivity contribution in [2.45, 2.75) is 53.3 Å². The molecule has 0 radical (unpaired) electrons. The fourth-order valence-electron chi connectivity index (χ4n) is 16.1. The first-order valence-corrected chi connectivity index (χ1v) is 27.7. The summed E-state index contributed by atoms with van der Waals surface area (Å²) < 4.78 is 0. The topological polar surface area (TPSA) is 13.0 Å². The number of anilines is 8. The molecule has 4 nitrogen and oxygen atoms in total. The Morgan fingerprint density at radius 3 is 0.740 bits per heavy atom. The second-order valence-electron chi connectivity index (χ2n) is 22.5. The Balaban J connectivity index is 0.924. The van der Waals surface area contributed by atoms with Crippen molar-refractivity contribution in [2.24, 2.45) is 0 Å². The molecular weight excluding hydrogens is 933 g/mol. The van der Waals surface area contributed by atoms with Gasteiger partial charge in [-0.3, -0.25) is 0 Å². The smallest absolute Gasteiger partial charge is 0.0728 e. The number of nitrogens with zero attached hydrogens (tertiary/aromatic N) is 4.